The maximum absolute atomic E-state index is 13.1. The fraction of sp³-hybridized carbons (Fsp3) is 0.292. The van der Waals surface area contributed by atoms with Crippen LogP contribution in [-0.2, 0) is 16.2 Å². The number of ether oxygens (including phenoxy) is 1. The number of carbonyl (C=O) groups is 3. The van der Waals surface area contributed by atoms with E-state index >= 15 is 0 Å². The van der Waals surface area contributed by atoms with Gasteiger partial charge in [0.2, 0.25) is 5.91 Å². The Hall–Kier alpha value is -3.73. The summed E-state index contributed by atoms with van der Waals surface area (Å²) < 4.78 is 18.9. The SMILES string of the molecule is O=C(CN1C(=O)S/C(=C\c2cc([N+](=O)[O-])ccc2OCc2ccc(F)cc2)C1=O)N1CCCCC1. The van der Waals surface area contributed by atoms with Gasteiger partial charge in [0.1, 0.15) is 24.7 Å². The molecule has 0 aromatic heterocycles. The molecule has 35 heavy (non-hydrogen) atoms. The first-order valence-corrected chi connectivity index (χ1v) is 11.8. The van der Waals surface area contributed by atoms with E-state index in [0.717, 1.165) is 24.2 Å². The van der Waals surface area contributed by atoms with Gasteiger partial charge in [0.05, 0.1) is 9.83 Å². The molecule has 2 heterocycles. The molecule has 0 saturated carbocycles. The topological polar surface area (TPSA) is 110 Å². The Balaban J connectivity index is 1.54. The molecular weight excluding hydrogens is 477 g/mol. The number of halogens is 1. The summed E-state index contributed by atoms with van der Waals surface area (Å²) >= 11 is 0.665. The van der Waals surface area contributed by atoms with Crippen molar-refractivity contribution in [2.75, 3.05) is 19.6 Å². The number of benzene rings is 2. The fourth-order valence-electron chi connectivity index (χ4n) is 3.79. The monoisotopic (exact) mass is 499 g/mol. The van der Waals surface area contributed by atoms with Gasteiger partial charge in [0, 0.05) is 30.8 Å². The normalized spacial score (nSPS) is 17.2. The van der Waals surface area contributed by atoms with Crippen molar-refractivity contribution < 1.29 is 28.4 Å². The van der Waals surface area contributed by atoms with Crippen molar-refractivity contribution in [2.24, 2.45) is 0 Å². The second-order valence-electron chi connectivity index (χ2n) is 8.10. The average Bonchev–Trinajstić information content (AvgIpc) is 3.11. The van der Waals surface area contributed by atoms with Crippen molar-refractivity contribution in [3.63, 3.8) is 0 Å². The van der Waals surface area contributed by atoms with E-state index in [1.807, 2.05) is 0 Å². The van der Waals surface area contributed by atoms with Crippen LogP contribution in [0.1, 0.15) is 30.4 Å². The predicted octanol–water partition coefficient (Wildman–Crippen LogP) is 4.36. The van der Waals surface area contributed by atoms with E-state index < -0.39 is 16.1 Å². The number of nitro benzene ring substituents is 1. The number of non-ortho nitro benzene ring substituents is 1. The van der Waals surface area contributed by atoms with Gasteiger partial charge in [-0.3, -0.25) is 29.4 Å². The highest BCUT2D eigenvalue weighted by Crippen LogP contribution is 2.35. The number of thioether (sulfide) groups is 1. The van der Waals surface area contributed by atoms with Gasteiger partial charge in [-0.2, -0.15) is 0 Å². The van der Waals surface area contributed by atoms with Crippen LogP contribution < -0.4 is 4.74 Å². The molecule has 2 aliphatic heterocycles. The molecule has 11 heteroatoms. The summed E-state index contributed by atoms with van der Waals surface area (Å²) in [5, 5.41) is 10.7. The zero-order valence-corrected chi connectivity index (χ0v) is 19.5. The van der Waals surface area contributed by atoms with E-state index in [0.29, 0.717) is 30.4 Å². The van der Waals surface area contributed by atoms with Crippen molar-refractivity contribution in [3.05, 3.63) is 74.4 Å². The third kappa shape index (κ3) is 5.86. The quantitative estimate of drug-likeness (QED) is 0.316. The van der Waals surface area contributed by atoms with E-state index in [2.05, 4.69) is 0 Å². The minimum atomic E-state index is -0.638. The predicted molar refractivity (Wildman–Crippen MR) is 127 cm³/mol. The Labute approximate surface area is 204 Å². The number of imide groups is 1. The summed E-state index contributed by atoms with van der Waals surface area (Å²) in [7, 11) is 0. The van der Waals surface area contributed by atoms with Crippen molar-refractivity contribution in [1.29, 1.82) is 0 Å². The maximum Gasteiger partial charge on any atom is 0.294 e. The summed E-state index contributed by atoms with van der Waals surface area (Å²) in [5.41, 5.74) is 0.686. The number of likely N-dealkylation sites (tertiary alicyclic amines) is 1. The molecule has 0 radical (unpaired) electrons. The van der Waals surface area contributed by atoms with Gasteiger partial charge in [0.15, 0.2) is 0 Å². The first-order valence-electron chi connectivity index (χ1n) is 11.0. The summed E-state index contributed by atoms with van der Waals surface area (Å²) in [6.45, 7) is 0.927. The van der Waals surface area contributed by atoms with Gasteiger partial charge in [-0.15, -0.1) is 0 Å². The molecule has 0 spiro atoms. The molecule has 2 aliphatic rings. The standard InChI is InChI=1S/C24H22FN3O6S/c25-18-6-4-16(5-7-18)15-34-20-9-8-19(28(32)33)12-17(20)13-21-23(30)27(24(31)35-21)14-22(29)26-10-2-1-3-11-26/h4-9,12-13H,1-3,10-11,14-15H2/b21-13-. The molecule has 182 valence electrons. The number of nitrogens with zero attached hydrogens (tertiary/aromatic N) is 3. The second kappa shape index (κ2) is 10.7. The molecule has 0 aliphatic carbocycles. The van der Waals surface area contributed by atoms with Gasteiger partial charge in [-0.05, 0) is 60.9 Å². The Kier molecular flexibility index (Phi) is 7.45. The number of amides is 3. The molecule has 0 atom stereocenters. The van der Waals surface area contributed by atoms with Gasteiger partial charge in [-0.25, -0.2) is 4.39 Å². The highest BCUT2D eigenvalue weighted by molar-refractivity contribution is 8.18. The lowest BCUT2D eigenvalue weighted by Crippen LogP contribution is -2.44. The lowest BCUT2D eigenvalue weighted by molar-refractivity contribution is -0.384. The van der Waals surface area contributed by atoms with Crippen LogP contribution in [0.25, 0.3) is 6.08 Å². The third-order valence-corrected chi connectivity index (χ3v) is 6.58. The highest BCUT2D eigenvalue weighted by Gasteiger charge is 2.37. The number of nitro groups is 1. The third-order valence-electron chi connectivity index (χ3n) is 5.67. The molecular formula is C24H22FN3O6S. The smallest absolute Gasteiger partial charge is 0.294 e. The zero-order chi connectivity index (χ0) is 24.9. The number of rotatable bonds is 7. The fourth-order valence-corrected chi connectivity index (χ4v) is 4.62. The van der Waals surface area contributed by atoms with Gasteiger partial charge >= 0.3 is 0 Å². The number of carbonyl (C=O) groups excluding carboxylic acids is 3. The van der Waals surface area contributed by atoms with Crippen LogP contribution >= 0.6 is 11.8 Å². The van der Waals surface area contributed by atoms with Crippen molar-refractivity contribution in [2.45, 2.75) is 25.9 Å². The van der Waals surface area contributed by atoms with Gasteiger partial charge in [-0.1, -0.05) is 12.1 Å². The molecule has 3 amide bonds. The molecule has 9 nitrogen and oxygen atoms in total. The largest absolute Gasteiger partial charge is 0.488 e. The van der Waals surface area contributed by atoms with Crippen molar-refractivity contribution in [1.82, 2.24) is 9.80 Å². The zero-order valence-electron chi connectivity index (χ0n) is 18.6. The Morgan fingerprint density at radius 2 is 1.83 bits per heavy atom. The Morgan fingerprint density at radius 1 is 1.11 bits per heavy atom. The first-order chi connectivity index (χ1) is 16.8. The first kappa shape index (κ1) is 24.4. The Bertz CT molecular complexity index is 1190. The lowest BCUT2D eigenvalue weighted by Gasteiger charge is -2.27. The van der Waals surface area contributed by atoms with E-state index in [9.17, 15) is 28.9 Å². The van der Waals surface area contributed by atoms with Crippen molar-refractivity contribution >= 4 is 40.6 Å². The highest BCUT2D eigenvalue weighted by atomic mass is 32.2. The molecule has 4 rings (SSSR count). The second-order valence-corrected chi connectivity index (χ2v) is 9.10. The Morgan fingerprint density at radius 3 is 2.51 bits per heavy atom. The van der Waals surface area contributed by atoms with Crippen molar-refractivity contribution in [3.8, 4) is 5.75 Å². The average molecular weight is 500 g/mol. The molecule has 2 aromatic carbocycles. The minimum Gasteiger partial charge on any atom is -0.488 e. The van der Waals surface area contributed by atoms with Crippen LogP contribution in [0.5, 0.6) is 5.75 Å². The molecule has 2 saturated heterocycles. The van der Waals surface area contributed by atoms with E-state index in [4.69, 9.17) is 4.74 Å². The molecule has 0 N–H and O–H groups in total. The van der Waals surface area contributed by atoms with Crippen LogP contribution in [0.15, 0.2) is 47.4 Å². The number of hydrogen-bond donors (Lipinski definition) is 0. The van der Waals surface area contributed by atoms with E-state index in [1.54, 1.807) is 17.0 Å². The summed E-state index contributed by atoms with van der Waals surface area (Å²) in [6.07, 6.45) is 4.17. The summed E-state index contributed by atoms with van der Waals surface area (Å²) in [4.78, 5) is 51.2. The van der Waals surface area contributed by atoms with E-state index in [1.165, 1.54) is 36.4 Å². The maximum atomic E-state index is 13.1. The van der Waals surface area contributed by atoms with Crippen LogP contribution in [-0.4, -0.2) is 51.4 Å². The van der Waals surface area contributed by atoms with Crippen LogP contribution in [0, 0.1) is 15.9 Å². The minimum absolute atomic E-state index is 0.0357. The summed E-state index contributed by atoms with van der Waals surface area (Å²) in [5.74, 6) is -1.07. The van der Waals surface area contributed by atoms with Crippen LogP contribution in [0.3, 0.4) is 0 Å². The van der Waals surface area contributed by atoms with Gasteiger partial charge < -0.3 is 9.64 Å². The van der Waals surface area contributed by atoms with Crippen LogP contribution in [0.2, 0.25) is 0 Å². The van der Waals surface area contributed by atoms with Gasteiger partial charge in [0.25, 0.3) is 16.8 Å². The summed E-state index contributed by atoms with van der Waals surface area (Å²) in [6, 6.07) is 9.58. The molecule has 0 bridgehead atoms. The molecule has 2 aromatic rings. The lowest BCUT2D eigenvalue weighted by atomic mass is 10.1. The molecule has 0 unspecified atom stereocenters. The van der Waals surface area contributed by atoms with E-state index in [-0.39, 0.29) is 46.8 Å². The number of hydrogen-bond acceptors (Lipinski definition) is 7. The van der Waals surface area contributed by atoms with Crippen LogP contribution in [0.4, 0.5) is 14.9 Å². The molecule has 2 fully saturated rings. The number of piperidine rings is 1.